The molecule has 0 saturated heterocycles. The van der Waals surface area contributed by atoms with E-state index < -0.39 is 0 Å². The summed E-state index contributed by atoms with van der Waals surface area (Å²) in [5, 5.41) is 0. The van der Waals surface area contributed by atoms with Crippen molar-refractivity contribution in [1.82, 2.24) is 4.98 Å². The number of hydrogen-bond donors (Lipinski definition) is 1. The fraction of sp³-hybridized carbons (Fsp3) is 0.500. The van der Waals surface area contributed by atoms with Crippen LogP contribution in [-0.2, 0) is 0 Å². The minimum Gasteiger partial charge on any atom is -0.324 e. The number of pyridine rings is 1. The summed E-state index contributed by atoms with van der Waals surface area (Å²) >= 11 is 0. The van der Waals surface area contributed by atoms with Crippen LogP contribution in [0.3, 0.4) is 0 Å². The molecule has 1 unspecified atom stereocenters. The van der Waals surface area contributed by atoms with Gasteiger partial charge in [0.2, 0.25) is 0 Å². The number of hydrogen-bond acceptors (Lipinski definition) is 2. The second kappa shape index (κ2) is 2.87. The largest absolute Gasteiger partial charge is 0.324 e. The zero-order valence-electron chi connectivity index (χ0n) is 7.33. The SMILES string of the molecule is Cc1cncc(C(N)C2CC2)c1. The number of nitrogens with zero attached hydrogens (tertiary/aromatic N) is 1. The number of aryl methyl sites for hydroxylation is 1. The van der Waals surface area contributed by atoms with Crippen molar-refractivity contribution in [3.8, 4) is 0 Å². The Morgan fingerprint density at radius 2 is 2.25 bits per heavy atom. The van der Waals surface area contributed by atoms with Crippen molar-refractivity contribution in [3.05, 3.63) is 29.6 Å². The van der Waals surface area contributed by atoms with Crippen LogP contribution in [0, 0.1) is 12.8 Å². The minimum absolute atomic E-state index is 0.220. The van der Waals surface area contributed by atoms with Gasteiger partial charge in [-0.3, -0.25) is 4.98 Å². The van der Waals surface area contributed by atoms with E-state index in [0.717, 1.165) is 0 Å². The first-order valence-corrected chi connectivity index (χ1v) is 4.44. The standard InChI is InChI=1S/C10H14N2/c1-7-4-9(6-12-5-7)10(11)8-2-3-8/h4-6,8,10H,2-3,11H2,1H3. The first-order valence-electron chi connectivity index (χ1n) is 4.44. The van der Waals surface area contributed by atoms with Crippen LogP contribution in [0.1, 0.15) is 30.0 Å². The van der Waals surface area contributed by atoms with Gasteiger partial charge in [0.15, 0.2) is 0 Å². The molecule has 0 radical (unpaired) electrons. The van der Waals surface area contributed by atoms with Gasteiger partial charge in [-0.25, -0.2) is 0 Å². The van der Waals surface area contributed by atoms with Crippen molar-refractivity contribution < 1.29 is 0 Å². The zero-order valence-corrected chi connectivity index (χ0v) is 7.33. The predicted molar refractivity (Wildman–Crippen MR) is 48.6 cm³/mol. The van der Waals surface area contributed by atoms with Gasteiger partial charge in [0, 0.05) is 18.4 Å². The van der Waals surface area contributed by atoms with E-state index in [1.54, 1.807) is 0 Å². The topological polar surface area (TPSA) is 38.9 Å². The summed E-state index contributed by atoms with van der Waals surface area (Å²) in [6.45, 7) is 2.05. The summed E-state index contributed by atoms with van der Waals surface area (Å²) in [7, 11) is 0. The summed E-state index contributed by atoms with van der Waals surface area (Å²) < 4.78 is 0. The van der Waals surface area contributed by atoms with Crippen LogP contribution in [-0.4, -0.2) is 4.98 Å². The van der Waals surface area contributed by atoms with E-state index in [2.05, 4.69) is 18.0 Å². The van der Waals surface area contributed by atoms with Crippen LogP contribution < -0.4 is 5.73 Å². The van der Waals surface area contributed by atoms with E-state index >= 15 is 0 Å². The van der Waals surface area contributed by atoms with Crippen molar-refractivity contribution in [2.75, 3.05) is 0 Å². The lowest BCUT2D eigenvalue weighted by Crippen LogP contribution is -2.12. The average Bonchev–Trinajstić information content (AvgIpc) is 2.85. The van der Waals surface area contributed by atoms with Crippen LogP contribution in [0.4, 0.5) is 0 Å². The molecule has 1 aliphatic rings. The fourth-order valence-electron chi connectivity index (χ4n) is 1.49. The lowest BCUT2D eigenvalue weighted by molar-refractivity contribution is 0.630. The highest BCUT2D eigenvalue weighted by molar-refractivity contribution is 5.21. The van der Waals surface area contributed by atoms with Gasteiger partial charge in [-0.2, -0.15) is 0 Å². The smallest absolute Gasteiger partial charge is 0.0338 e. The third-order valence-electron chi connectivity index (χ3n) is 2.41. The second-order valence-corrected chi connectivity index (χ2v) is 3.66. The van der Waals surface area contributed by atoms with Crippen molar-refractivity contribution in [2.45, 2.75) is 25.8 Å². The first-order chi connectivity index (χ1) is 5.77. The molecule has 1 heterocycles. The monoisotopic (exact) mass is 162 g/mol. The van der Waals surface area contributed by atoms with Gasteiger partial charge in [-0.15, -0.1) is 0 Å². The van der Waals surface area contributed by atoms with Gasteiger partial charge in [-0.05, 0) is 36.8 Å². The maximum Gasteiger partial charge on any atom is 0.0338 e. The summed E-state index contributed by atoms with van der Waals surface area (Å²) in [5.41, 5.74) is 8.42. The molecule has 2 rings (SSSR count). The van der Waals surface area contributed by atoms with Crippen LogP contribution in [0.25, 0.3) is 0 Å². The van der Waals surface area contributed by atoms with E-state index in [9.17, 15) is 0 Å². The highest BCUT2D eigenvalue weighted by Crippen LogP contribution is 2.39. The van der Waals surface area contributed by atoms with E-state index in [1.165, 1.54) is 24.0 Å². The summed E-state index contributed by atoms with van der Waals surface area (Å²) in [6, 6.07) is 2.35. The quantitative estimate of drug-likeness (QED) is 0.720. The molecule has 12 heavy (non-hydrogen) atoms. The summed E-state index contributed by atoms with van der Waals surface area (Å²) in [5.74, 6) is 0.716. The molecule has 1 saturated carbocycles. The molecule has 2 nitrogen and oxygen atoms in total. The van der Waals surface area contributed by atoms with Crippen molar-refractivity contribution in [2.24, 2.45) is 11.7 Å². The molecule has 0 aliphatic heterocycles. The molecule has 1 aliphatic carbocycles. The maximum atomic E-state index is 6.03. The molecular weight excluding hydrogens is 148 g/mol. The lowest BCUT2D eigenvalue weighted by Gasteiger charge is -2.09. The summed E-state index contributed by atoms with van der Waals surface area (Å²) in [4.78, 5) is 4.14. The van der Waals surface area contributed by atoms with Crippen LogP contribution in [0.2, 0.25) is 0 Å². The molecule has 0 bridgehead atoms. The van der Waals surface area contributed by atoms with Crippen LogP contribution >= 0.6 is 0 Å². The molecule has 64 valence electrons. The van der Waals surface area contributed by atoms with Gasteiger partial charge >= 0.3 is 0 Å². The highest BCUT2D eigenvalue weighted by Gasteiger charge is 2.29. The van der Waals surface area contributed by atoms with E-state index in [1.807, 2.05) is 12.4 Å². The molecule has 2 heteroatoms. The van der Waals surface area contributed by atoms with E-state index in [0.29, 0.717) is 5.92 Å². The molecule has 1 atom stereocenters. The highest BCUT2D eigenvalue weighted by atomic mass is 14.7. The Bertz CT molecular complexity index is 279. The van der Waals surface area contributed by atoms with Crippen LogP contribution in [0.15, 0.2) is 18.5 Å². The summed E-state index contributed by atoms with van der Waals surface area (Å²) in [6.07, 6.45) is 6.32. The Morgan fingerprint density at radius 1 is 1.50 bits per heavy atom. The Morgan fingerprint density at radius 3 is 2.83 bits per heavy atom. The van der Waals surface area contributed by atoms with Crippen LogP contribution in [0.5, 0.6) is 0 Å². The molecule has 0 amide bonds. The average molecular weight is 162 g/mol. The molecule has 1 fully saturated rings. The van der Waals surface area contributed by atoms with Crippen molar-refractivity contribution in [1.29, 1.82) is 0 Å². The minimum atomic E-state index is 0.220. The van der Waals surface area contributed by atoms with Gasteiger partial charge in [0.25, 0.3) is 0 Å². The van der Waals surface area contributed by atoms with E-state index in [4.69, 9.17) is 5.73 Å². The lowest BCUT2D eigenvalue weighted by atomic mass is 10.0. The van der Waals surface area contributed by atoms with Gasteiger partial charge in [0.05, 0.1) is 0 Å². The molecule has 0 aromatic carbocycles. The van der Waals surface area contributed by atoms with Gasteiger partial charge < -0.3 is 5.73 Å². The normalized spacial score (nSPS) is 19.2. The number of rotatable bonds is 2. The zero-order chi connectivity index (χ0) is 8.55. The molecule has 1 aromatic heterocycles. The fourth-order valence-corrected chi connectivity index (χ4v) is 1.49. The third kappa shape index (κ3) is 1.48. The number of aromatic nitrogens is 1. The Balaban J connectivity index is 2.20. The predicted octanol–water partition coefficient (Wildman–Crippen LogP) is 1.80. The third-order valence-corrected chi connectivity index (χ3v) is 2.41. The van der Waals surface area contributed by atoms with Gasteiger partial charge in [-0.1, -0.05) is 6.07 Å². The molecule has 0 spiro atoms. The molecule has 1 aromatic rings. The number of nitrogens with two attached hydrogens (primary N) is 1. The Hall–Kier alpha value is -0.890. The van der Waals surface area contributed by atoms with Crippen molar-refractivity contribution in [3.63, 3.8) is 0 Å². The van der Waals surface area contributed by atoms with E-state index in [-0.39, 0.29) is 6.04 Å². The second-order valence-electron chi connectivity index (χ2n) is 3.66. The molecular formula is C10H14N2. The molecule has 2 N–H and O–H groups in total. The Kier molecular flexibility index (Phi) is 1.85. The van der Waals surface area contributed by atoms with Crippen molar-refractivity contribution >= 4 is 0 Å². The van der Waals surface area contributed by atoms with Gasteiger partial charge in [0.1, 0.15) is 0 Å². The first kappa shape index (κ1) is 7.74. The maximum absolute atomic E-state index is 6.03. The Labute approximate surface area is 72.8 Å².